The fourth-order valence-corrected chi connectivity index (χ4v) is 5.93. The van der Waals surface area contributed by atoms with E-state index in [-0.39, 0.29) is 11.7 Å². The van der Waals surface area contributed by atoms with E-state index in [1.54, 1.807) is 6.92 Å². The quantitative estimate of drug-likeness (QED) is 0.363. The molecule has 18 heavy (non-hydrogen) atoms. The smallest absolute Gasteiger partial charge is 0.333 e. The van der Waals surface area contributed by atoms with Crippen molar-refractivity contribution in [1.82, 2.24) is 0 Å². The third kappa shape index (κ3) is 4.57. The highest BCUT2D eigenvalue weighted by Gasteiger charge is 2.42. The van der Waals surface area contributed by atoms with Gasteiger partial charge in [-0.2, -0.15) is 0 Å². The Morgan fingerprint density at radius 3 is 2.11 bits per heavy atom. The molecule has 0 rings (SSSR count). The lowest BCUT2D eigenvalue weighted by atomic mass is 10.3. The van der Waals surface area contributed by atoms with Gasteiger partial charge in [-0.05, 0) is 32.4 Å². The Hall–Kier alpha value is -0.613. The van der Waals surface area contributed by atoms with E-state index in [2.05, 4.69) is 27.4 Å². The summed E-state index contributed by atoms with van der Waals surface area (Å²) in [4.78, 5) is 11.8. The van der Waals surface area contributed by atoms with E-state index >= 15 is 0 Å². The minimum Gasteiger partial charge on any atom is -0.460 e. The van der Waals surface area contributed by atoms with Gasteiger partial charge in [0.25, 0.3) is 0 Å². The standard InChI is InChI=1S/C14H28O3Si/c1-7-11-13(17-14(15)12(5)6)18(9-3,10-4)16-8-2/h13H,5,7-11H2,1-4,6H3. The molecule has 0 fully saturated rings. The van der Waals surface area contributed by atoms with Gasteiger partial charge in [0.2, 0.25) is 8.32 Å². The van der Waals surface area contributed by atoms with Gasteiger partial charge < -0.3 is 9.16 Å². The largest absolute Gasteiger partial charge is 0.460 e. The van der Waals surface area contributed by atoms with Gasteiger partial charge in [-0.3, -0.25) is 0 Å². The van der Waals surface area contributed by atoms with Crippen LogP contribution in [0.4, 0.5) is 0 Å². The average Bonchev–Trinajstić information content (AvgIpc) is 2.35. The first-order valence-corrected chi connectivity index (χ1v) is 9.37. The van der Waals surface area contributed by atoms with Crippen molar-refractivity contribution in [2.24, 2.45) is 0 Å². The second kappa shape index (κ2) is 8.48. The normalized spacial score (nSPS) is 13.2. The molecule has 0 aliphatic heterocycles. The molecule has 0 aliphatic rings. The third-order valence-corrected chi connectivity index (χ3v) is 8.20. The van der Waals surface area contributed by atoms with Crippen molar-refractivity contribution in [2.75, 3.05) is 6.61 Å². The molecule has 0 spiro atoms. The Kier molecular flexibility index (Phi) is 8.19. The predicted octanol–water partition coefficient (Wildman–Crippen LogP) is 3.84. The molecule has 1 atom stereocenters. The van der Waals surface area contributed by atoms with Gasteiger partial charge >= 0.3 is 5.97 Å². The average molecular weight is 272 g/mol. The molecule has 0 saturated carbocycles. The van der Waals surface area contributed by atoms with Crippen molar-refractivity contribution in [3.63, 3.8) is 0 Å². The Bertz CT molecular complexity index is 272. The van der Waals surface area contributed by atoms with Crippen LogP contribution in [0.25, 0.3) is 0 Å². The zero-order chi connectivity index (χ0) is 14.2. The van der Waals surface area contributed by atoms with Gasteiger partial charge in [0.05, 0.1) is 0 Å². The van der Waals surface area contributed by atoms with Crippen LogP contribution in [0.3, 0.4) is 0 Å². The zero-order valence-electron chi connectivity index (χ0n) is 12.5. The molecule has 0 saturated heterocycles. The maximum atomic E-state index is 11.8. The van der Waals surface area contributed by atoms with E-state index in [9.17, 15) is 4.79 Å². The summed E-state index contributed by atoms with van der Waals surface area (Å²) in [5, 5.41) is 0. The number of esters is 1. The highest BCUT2D eigenvalue weighted by Crippen LogP contribution is 2.27. The highest BCUT2D eigenvalue weighted by molar-refractivity contribution is 6.75. The Labute approximate surface area is 113 Å². The van der Waals surface area contributed by atoms with Crippen molar-refractivity contribution < 1.29 is 14.0 Å². The summed E-state index contributed by atoms with van der Waals surface area (Å²) in [5.74, 6) is -0.285. The molecule has 0 heterocycles. The molecule has 4 heteroatoms. The minimum atomic E-state index is -1.99. The van der Waals surface area contributed by atoms with Crippen LogP contribution in [0.5, 0.6) is 0 Å². The van der Waals surface area contributed by atoms with Crippen LogP contribution < -0.4 is 0 Å². The second-order valence-electron chi connectivity index (χ2n) is 4.67. The van der Waals surface area contributed by atoms with Gasteiger partial charge in [-0.25, -0.2) is 4.79 Å². The van der Waals surface area contributed by atoms with Crippen molar-refractivity contribution in [3.8, 4) is 0 Å². The van der Waals surface area contributed by atoms with Crippen LogP contribution in [0.15, 0.2) is 12.2 Å². The molecule has 0 bridgehead atoms. The lowest BCUT2D eigenvalue weighted by Gasteiger charge is -2.36. The van der Waals surface area contributed by atoms with Gasteiger partial charge in [-0.15, -0.1) is 0 Å². The Morgan fingerprint density at radius 1 is 1.22 bits per heavy atom. The lowest BCUT2D eigenvalue weighted by Crippen LogP contribution is -2.51. The SMILES string of the molecule is C=C(C)C(=O)OC(CCC)[Si](CC)(CC)OCC. The molecule has 0 N–H and O–H groups in total. The van der Waals surface area contributed by atoms with Gasteiger partial charge in [0.1, 0.15) is 5.73 Å². The van der Waals surface area contributed by atoms with E-state index in [1.807, 2.05) is 6.92 Å². The molecule has 3 nitrogen and oxygen atoms in total. The van der Waals surface area contributed by atoms with Crippen LogP contribution in [0, 0.1) is 0 Å². The predicted molar refractivity (Wildman–Crippen MR) is 77.9 cm³/mol. The highest BCUT2D eigenvalue weighted by atomic mass is 28.4. The summed E-state index contributed by atoms with van der Waals surface area (Å²) < 4.78 is 11.7. The summed E-state index contributed by atoms with van der Waals surface area (Å²) in [5.41, 5.74) is 0.407. The third-order valence-electron chi connectivity index (χ3n) is 3.36. The van der Waals surface area contributed by atoms with Crippen LogP contribution in [-0.4, -0.2) is 26.6 Å². The van der Waals surface area contributed by atoms with E-state index in [0.717, 1.165) is 24.9 Å². The lowest BCUT2D eigenvalue weighted by molar-refractivity contribution is -0.142. The first kappa shape index (κ1) is 17.4. The molecule has 106 valence electrons. The van der Waals surface area contributed by atoms with Crippen LogP contribution in [-0.2, 0) is 14.0 Å². The van der Waals surface area contributed by atoms with Crippen molar-refractivity contribution in [1.29, 1.82) is 0 Å². The molecule has 1 unspecified atom stereocenters. The summed E-state index contributed by atoms with van der Waals surface area (Å²) in [6.07, 6.45) is 1.88. The van der Waals surface area contributed by atoms with Gasteiger partial charge in [0, 0.05) is 12.2 Å². The Balaban J connectivity index is 5.01. The first-order chi connectivity index (χ1) is 8.47. The van der Waals surface area contributed by atoms with E-state index in [1.165, 1.54) is 0 Å². The topological polar surface area (TPSA) is 35.5 Å². The van der Waals surface area contributed by atoms with Crippen molar-refractivity contribution in [2.45, 2.75) is 65.3 Å². The van der Waals surface area contributed by atoms with E-state index in [0.29, 0.717) is 12.2 Å². The number of carbonyl (C=O) groups is 1. The number of rotatable bonds is 9. The Morgan fingerprint density at radius 2 is 1.78 bits per heavy atom. The summed E-state index contributed by atoms with van der Waals surface area (Å²) in [6.45, 7) is 14.4. The number of carbonyl (C=O) groups excluding carboxylic acids is 1. The van der Waals surface area contributed by atoms with Crippen LogP contribution >= 0.6 is 0 Å². The van der Waals surface area contributed by atoms with Crippen LogP contribution in [0.2, 0.25) is 12.1 Å². The minimum absolute atomic E-state index is 0.0540. The molecule has 0 aromatic carbocycles. The molecular weight excluding hydrogens is 244 g/mol. The number of hydrogen-bond donors (Lipinski definition) is 0. The van der Waals surface area contributed by atoms with E-state index in [4.69, 9.17) is 9.16 Å². The fraction of sp³-hybridized carbons (Fsp3) is 0.786. The number of ether oxygens (including phenoxy) is 1. The number of hydrogen-bond acceptors (Lipinski definition) is 3. The molecule has 0 aromatic heterocycles. The molecular formula is C14H28O3Si. The summed E-state index contributed by atoms with van der Waals surface area (Å²) in [7, 11) is -1.99. The maximum Gasteiger partial charge on any atom is 0.333 e. The van der Waals surface area contributed by atoms with Crippen LogP contribution in [0.1, 0.15) is 47.5 Å². The maximum absolute atomic E-state index is 11.8. The van der Waals surface area contributed by atoms with Crippen molar-refractivity contribution in [3.05, 3.63) is 12.2 Å². The summed E-state index contributed by atoms with van der Waals surface area (Å²) in [6, 6.07) is 1.96. The second-order valence-corrected chi connectivity index (χ2v) is 9.14. The van der Waals surface area contributed by atoms with Crippen molar-refractivity contribution >= 4 is 14.3 Å². The molecule has 0 aliphatic carbocycles. The monoisotopic (exact) mass is 272 g/mol. The van der Waals surface area contributed by atoms with Gasteiger partial charge in [0.15, 0.2) is 0 Å². The molecule has 0 amide bonds. The van der Waals surface area contributed by atoms with Gasteiger partial charge in [-0.1, -0.05) is 33.8 Å². The summed E-state index contributed by atoms with van der Waals surface area (Å²) >= 11 is 0. The van der Waals surface area contributed by atoms with E-state index < -0.39 is 8.32 Å². The first-order valence-electron chi connectivity index (χ1n) is 6.97. The fourth-order valence-electron chi connectivity index (χ4n) is 2.21. The zero-order valence-corrected chi connectivity index (χ0v) is 13.5. The molecule has 0 aromatic rings. The molecule has 0 radical (unpaired) electrons.